The molecule has 2 bridgehead atoms. The molecule has 24 heavy (non-hydrogen) atoms. The third kappa shape index (κ3) is 2.86. The highest BCUT2D eigenvalue weighted by atomic mass is 16.1. The van der Waals surface area contributed by atoms with Gasteiger partial charge in [0.25, 0.3) is 0 Å². The molecular weight excluding hydrogens is 300 g/mol. The number of anilines is 1. The number of hydrogen-bond donors (Lipinski definition) is 0. The second-order valence-electron chi connectivity index (χ2n) is 7.60. The van der Waals surface area contributed by atoms with Crippen LogP contribution in [0.15, 0.2) is 18.5 Å². The van der Waals surface area contributed by atoms with Gasteiger partial charge in [0.15, 0.2) is 0 Å². The molecule has 2 saturated heterocycles. The minimum Gasteiger partial charge on any atom is -0.332 e. The van der Waals surface area contributed by atoms with Crippen molar-refractivity contribution in [1.82, 2.24) is 14.9 Å². The molecular formula is C19H26N4O. The van der Waals surface area contributed by atoms with Gasteiger partial charge in [0.2, 0.25) is 5.95 Å². The van der Waals surface area contributed by atoms with Gasteiger partial charge in [0.05, 0.1) is 0 Å². The molecule has 0 radical (unpaired) electrons. The van der Waals surface area contributed by atoms with E-state index in [-0.39, 0.29) is 5.92 Å². The highest BCUT2D eigenvalue weighted by Crippen LogP contribution is 2.34. The number of fused-ring (bicyclic) bond motifs is 2. The lowest BCUT2D eigenvalue weighted by Crippen LogP contribution is -2.53. The van der Waals surface area contributed by atoms with Gasteiger partial charge in [-0.15, -0.1) is 0 Å². The number of carbonyl (C=O) groups excluding carboxylic acids is 1. The van der Waals surface area contributed by atoms with E-state index < -0.39 is 0 Å². The fourth-order valence-electron chi connectivity index (χ4n) is 4.53. The largest absolute Gasteiger partial charge is 0.332 e. The smallest absolute Gasteiger partial charge is 0.225 e. The molecule has 2 aliphatic heterocycles. The summed E-state index contributed by atoms with van der Waals surface area (Å²) >= 11 is 0. The number of carbonyl (C=O) groups is 1. The minimum atomic E-state index is 0.204. The highest BCUT2D eigenvalue weighted by Gasteiger charge is 2.40. The zero-order valence-corrected chi connectivity index (χ0v) is 14.6. The molecule has 0 amide bonds. The van der Waals surface area contributed by atoms with Crippen LogP contribution in [0.2, 0.25) is 0 Å². The Morgan fingerprint density at radius 3 is 2.33 bits per heavy atom. The van der Waals surface area contributed by atoms with Crippen LogP contribution in [0.5, 0.6) is 0 Å². The number of ketones is 1. The van der Waals surface area contributed by atoms with Crippen LogP contribution in [0.1, 0.15) is 44.6 Å². The number of likely N-dealkylation sites (N-methyl/N-ethyl adjacent to an activating group) is 1. The van der Waals surface area contributed by atoms with Crippen LogP contribution in [-0.4, -0.2) is 52.9 Å². The summed E-state index contributed by atoms with van der Waals surface area (Å²) in [7, 11) is 2.20. The van der Waals surface area contributed by atoms with Crippen LogP contribution in [0, 0.1) is 5.92 Å². The Bertz CT molecular complexity index is 640. The van der Waals surface area contributed by atoms with Gasteiger partial charge in [0, 0.05) is 49.0 Å². The third-order valence-corrected chi connectivity index (χ3v) is 5.89. The summed E-state index contributed by atoms with van der Waals surface area (Å²) in [6, 6.07) is 1.12. The second kappa shape index (κ2) is 6.28. The number of aromatic nitrogens is 2. The molecule has 1 aromatic rings. The number of nitrogens with zero attached hydrogens (tertiary/aromatic N) is 4. The summed E-state index contributed by atoms with van der Waals surface area (Å²) in [5, 5.41) is 0. The Morgan fingerprint density at radius 1 is 1.12 bits per heavy atom. The van der Waals surface area contributed by atoms with E-state index >= 15 is 0 Å². The van der Waals surface area contributed by atoms with Crippen LogP contribution in [0.4, 0.5) is 5.95 Å². The fraction of sp³-hybridized carbons (Fsp3) is 0.632. The lowest BCUT2D eigenvalue weighted by molar-refractivity contribution is -0.120. The van der Waals surface area contributed by atoms with Crippen molar-refractivity contribution in [3.05, 3.63) is 24.0 Å². The molecule has 2 fully saturated rings. The molecule has 3 atom stereocenters. The van der Waals surface area contributed by atoms with E-state index in [1.165, 1.54) is 18.4 Å². The number of likely N-dealkylation sites (tertiary alicyclic amines) is 1. The van der Waals surface area contributed by atoms with Gasteiger partial charge >= 0.3 is 0 Å². The predicted octanol–water partition coefficient (Wildman–Crippen LogP) is 2.53. The van der Waals surface area contributed by atoms with Gasteiger partial charge in [-0.2, -0.15) is 0 Å². The molecule has 5 heteroatoms. The summed E-state index contributed by atoms with van der Waals surface area (Å²) in [5.41, 5.74) is 2.41. The zero-order chi connectivity index (χ0) is 16.7. The van der Waals surface area contributed by atoms with Crippen LogP contribution < -0.4 is 4.90 Å². The number of Topliss-reactive ketones (excluding diaryl/α,β-unsaturated/α-hetero) is 1. The Kier molecular flexibility index (Phi) is 4.12. The van der Waals surface area contributed by atoms with Crippen LogP contribution in [0.25, 0.3) is 5.57 Å². The molecule has 1 aromatic heterocycles. The van der Waals surface area contributed by atoms with Crippen LogP contribution >= 0.6 is 0 Å². The summed E-state index contributed by atoms with van der Waals surface area (Å²) in [6.07, 6.45) is 11.4. The third-order valence-electron chi connectivity index (χ3n) is 5.89. The van der Waals surface area contributed by atoms with E-state index in [4.69, 9.17) is 0 Å². The van der Waals surface area contributed by atoms with Crippen molar-refractivity contribution in [1.29, 1.82) is 0 Å². The molecule has 128 valence electrons. The van der Waals surface area contributed by atoms with Crippen molar-refractivity contribution in [2.75, 3.05) is 25.0 Å². The van der Waals surface area contributed by atoms with Crippen molar-refractivity contribution in [2.24, 2.45) is 5.92 Å². The number of allylic oxidation sites excluding steroid dienone is 2. The number of piperazine rings is 1. The summed E-state index contributed by atoms with van der Waals surface area (Å²) in [6.45, 7) is 3.92. The molecule has 0 N–H and O–H groups in total. The zero-order valence-electron chi connectivity index (χ0n) is 14.6. The van der Waals surface area contributed by atoms with Gasteiger partial charge in [0.1, 0.15) is 5.78 Å². The van der Waals surface area contributed by atoms with E-state index in [9.17, 15) is 4.79 Å². The van der Waals surface area contributed by atoms with Crippen molar-refractivity contribution < 1.29 is 4.79 Å². The minimum absolute atomic E-state index is 0.204. The van der Waals surface area contributed by atoms with Gasteiger partial charge < -0.3 is 9.80 Å². The molecule has 3 heterocycles. The topological polar surface area (TPSA) is 49.3 Å². The molecule has 0 saturated carbocycles. The summed E-state index contributed by atoms with van der Waals surface area (Å²) in [4.78, 5) is 25.7. The second-order valence-corrected chi connectivity index (χ2v) is 7.60. The molecule has 0 aromatic carbocycles. The molecule has 0 spiro atoms. The maximum absolute atomic E-state index is 11.5. The maximum atomic E-state index is 11.5. The van der Waals surface area contributed by atoms with Crippen molar-refractivity contribution >= 4 is 17.3 Å². The van der Waals surface area contributed by atoms with E-state index in [0.717, 1.165) is 43.9 Å². The fourth-order valence-corrected chi connectivity index (χ4v) is 4.53. The quantitative estimate of drug-likeness (QED) is 0.854. The van der Waals surface area contributed by atoms with Gasteiger partial charge in [-0.3, -0.25) is 4.79 Å². The van der Waals surface area contributed by atoms with Crippen LogP contribution in [-0.2, 0) is 4.79 Å². The molecule has 4 rings (SSSR count). The normalized spacial score (nSPS) is 30.3. The van der Waals surface area contributed by atoms with E-state index in [0.29, 0.717) is 17.9 Å². The average molecular weight is 326 g/mol. The molecule has 5 nitrogen and oxygen atoms in total. The lowest BCUT2D eigenvalue weighted by Gasteiger charge is -2.39. The van der Waals surface area contributed by atoms with E-state index in [1.54, 1.807) is 6.92 Å². The van der Waals surface area contributed by atoms with Crippen molar-refractivity contribution in [2.45, 2.75) is 51.1 Å². The first kappa shape index (κ1) is 15.8. The predicted molar refractivity (Wildman–Crippen MR) is 94.8 cm³/mol. The van der Waals surface area contributed by atoms with Crippen LogP contribution in [0.3, 0.4) is 0 Å². The summed E-state index contributed by atoms with van der Waals surface area (Å²) < 4.78 is 0. The maximum Gasteiger partial charge on any atom is 0.225 e. The Balaban J connectivity index is 1.49. The Labute approximate surface area is 143 Å². The van der Waals surface area contributed by atoms with E-state index in [1.807, 2.05) is 12.4 Å². The van der Waals surface area contributed by atoms with Crippen molar-refractivity contribution in [3.63, 3.8) is 0 Å². The van der Waals surface area contributed by atoms with E-state index in [2.05, 4.69) is 32.9 Å². The number of rotatable bonds is 3. The average Bonchev–Trinajstić information content (AvgIpc) is 2.86. The first-order chi connectivity index (χ1) is 11.6. The number of hydrogen-bond acceptors (Lipinski definition) is 5. The van der Waals surface area contributed by atoms with Gasteiger partial charge in [-0.1, -0.05) is 6.08 Å². The lowest BCUT2D eigenvalue weighted by atomic mass is 9.85. The molecule has 1 aliphatic carbocycles. The first-order valence-corrected chi connectivity index (χ1v) is 9.10. The SMILES string of the molecule is CC(=O)[C@H]1CC=C(c2cnc(N3C4CCC3CN(C)C4)nc2)CC1. The molecule has 2 unspecified atom stereocenters. The first-order valence-electron chi connectivity index (χ1n) is 9.10. The summed E-state index contributed by atoms with van der Waals surface area (Å²) in [5.74, 6) is 1.40. The van der Waals surface area contributed by atoms with Crippen molar-refractivity contribution in [3.8, 4) is 0 Å². The highest BCUT2D eigenvalue weighted by molar-refractivity contribution is 5.80. The Morgan fingerprint density at radius 2 is 1.79 bits per heavy atom. The van der Waals surface area contributed by atoms with Gasteiger partial charge in [-0.05, 0) is 51.6 Å². The molecule has 3 aliphatic rings. The Hall–Kier alpha value is -1.75. The standard InChI is InChI=1S/C19H26N4O/c1-13(24)14-3-5-15(6-4-14)16-9-20-19(21-10-16)23-17-7-8-18(23)12-22(2)11-17/h5,9-10,14,17-18H,3-4,6-8,11-12H2,1-2H3/t14-,17?,18?/m0/s1. The monoisotopic (exact) mass is 326 g/mol. The van der Waals surface area contributed by atoms with Gasteiger partial charge in [-0.25, -0.2) is 9.97 Å².